The lowest BCUT2D eigenvalue weighted by molar-refractivity contribution is 0.326. The Labute approximate surface area is 88.1 Å². The van der Waals surface area contributed by atoms with Gasteiger partial charge in [0.15, 0.2) is 0 Å². The zero-order valence-electron chi connectivity index (χ0n) is 9.12. The van der Waals surface area contributed by atoms with Crippen molar-refractivity contribution in [3.63, 3.8) is 0 Å². The summed E-state index contributed by atoms with van der Waals surface area (Å²) in [4.78, 5) is 0. The molecule has 2 aliphatic rings. The van der Waals surface area contributed by atoms with Gasteiger partial charge in [0.05, 0.1) is 0 Å². The fourth-order valence-electron chi connectivity index (χ4n) is 2.80. The molecule has 0 aromatic rings. The molecule has 2 rings (SSSR count). The maximum absolute atomic E-state index is 2.49. The van der Waals surface area contributed by atoms with Crippen molar-refractivity contribution in [2.45, 2.75) is 51.4 Å². The summed E-state index contributed by atoms with van der Waals surface area (Å²) in [7, 11) is 0. The molecular formula is C14H22. The lowest BCUT2D eigenvalue weighted by Crippen LogP contribution is -2.15. The SMILES string of the molecule is C1=CC(C2C/C=C/CCCC2)CCC1. The third-order valence-electron chi connectivity index (χ3n) is 3.70. The fraction of sp³-hybridized carbons (Fsp3) is 0.714. The molecule has 0 aliphatic heterocycles. The molecule has 0 N–H and O–H groups in total. The van der Waals surface area contributed by atoms with Crippen LogP contribution in [0.25, 0.3) is 0 Å². The van der Waals surface area contributed by atoms with Crippen molar-refractivity contribution >= 4 is 0 Å². The standard InChI is InChI=1S/C14H22/c1-2-5-9-13(10-6-3-1)14-11-7-4-8-12-14/h2,5,7,11,13-14H,1,3-4,6,8-10,12H2/b5-2+. The maximum Gasteiger partial charge on any atom is -0.0202 e. The largest absolute Gasteiger partial charge is 0.0885 e. The molecule has 78 valence electrons. The third kappa shape index (κ3) is 2.73. The molecule has 2 unspecified atom stereocenters. The Hall–Kier alpha value is -0.520. The first-order valence-electron chi connectivity index (χ1n) is 6.28. The minimum Gasteiger partial charge on any atom is -0.0885 e. The van der Waals surface area contributed by atoms with E-state index < -0.39 is 0 Å². The third-order valence-corrected chi connectivity index (χ3v) is 3.70. The summed E-state index contributed by atoms with van der Waals surface area (Å²) in [5.74, 6) is 1.84. The monoisotopic (exact) mass is 190 g/mol. The van der Waals surface area contributed by atoms with E-state index in [1.54, 1.807) is 0 Å². The summed E-state index contributed by atoms with van der Waals surface area (Å²) in [6.07, 6.45) is 20.8. The minimum atomic E-state index is 0.895. The van der Waals surface area contributed by atoms with E-state index in [0.717, 1.165) is 11.8 Å². The van der Waals surface area contributed by atoms with Gasteiger partial charge in [-0.05, 0) is 56.8 Å². The van der Waals surface area contributed by atoms with Crippen molar-refractivity contribution in [1.82, 2.24) is 0 Å². The lowest BCUT2D eigenvalue weighted by Gasteiger charge is -2.26. The van der Waals surface area contributed by atoms with Crippen molar-refractivity contribution < 1.29 is 0 Å². The van der Waals surface area contributed by atoms with Crippen LogP contribution in [0.2, 0.25) is 0 Å². The summed E-state index contributed by atoms with van der Waals surface area (Å²) in [5, 5.41) is 0. The highest BCUT2D eigenvalue weighted by Crippen LogP contribution is 2.32. The van der Waals surface area contributed by atoms with Crippen molar-refractivity contribution in [3.8, 4) is 0 Å². The molecule has 0 heterocycles. The van der Waals surface area contributed by atoms with Crippen molar-refractivity contribution in [2.24, 2.45) is 11.8 Å². The maximum atomic E-state index is 2.49. The predicted molar refractivity (Wildman–Crippen MR) is 62.2 cm³/mol. The van der Waals surface area contributed by atoms with Gasteiger partial charge in [0.2, 0.25) is 0 Å². The van der Waals surface area contributed by atoms with E-state index in [9.17, 15) is 0 Å². The molecule has 0 saturated heterocycles. The molecular weight excluding hydrogens is 168 g/mol. The first-order chi connectivity index (χ1) is 6.97. The van der Waals surface area contributed by atoms with E-state index in [0.29, 0.717) is 0 Å². The molecule has 0 fully saturated rings. The minimum absolute atomic E-state index is 0.895. The Morgan fingerprint density at radius 3 is 2.57 bits per heavy atom. The second kappa shape index (κ2) is 5.38. The number of allylic oxidation sites excluding steroid dienone is 4. The Morgan fingerprint density at radius 2 is 1.71 bits per heavy atom. The van der Waals surface area contributed by atoms with Crippen LogP contribution in [-0.2, 0) is 0 Å². The van der Waals surface area contributed by atoms with Crippen LogP contribution in [0, 0.1) is 11.8 Å². The summed E-state index contributed by atoms with van der Waals surface area (Å²) in [6.45, 7) is 0. The number of hydrogen-bond donors (Lipinski definition) is 0. The van der Waals surface area contributed by atoms with E-state index in [2.05, 4.69) is 24.3 Å². The van der Waals surface area contributed by atoms with Crippen LogP contribution in [0.1, 0.15) is 51.4 Å². The van der Waals surface area contributed by atoms with E-state index in [1.807, 2.05) is 0 Å². The van der Waals surface area contributed by atoms with Gasteiger partial charge in [-0.3, -0.25) is 0 Å². The van der Waals surface area contributed by atoms with Crippen LogP contribution < -0.4 is 0 Å². The first-order valence-corrected chi connectivity index (χ1v) is 6.28. The molecule has 0 bridgehead atoms. The van der Waals surface area contributed by atoms with E-state index in [-0.39, 0.29) is 0 Å². The average Bonchev–Trinajstić information content (AvgIpc) is 2.18. The van der Waals surface area contributed by atoms with Crippen LogP contribution in [-0.4, -0.2) is 0 Å². The molecule has 0 heteroatoms. The zero-order valence-corrected chi connectivity index (χ0v) is 9.12. The van der Waals surface area contributed by atoms with Crippen LogP contribution in [0.15, 0.2) is 24.3 Å². The molecule has 0 aromatic carbocycles. The van der Waals surface area contributed by atoms with Gasteiger partial charge in [-0.15, -0.1) is 0 Å². The number of rotatable bonds is 1. The molecule has 14 heavy (non-hydrogen) atoms. The summed E-state index contributed by atoms with van der Waals surface area (Å²) in [6, 6.07) is 0. The van der Waals surface area contributed by atoms with Gasteiger partial charge in [0.25, 0.3) is 0 Å². The normalized spacial score (nSPS) is 36.0. The van der Waals surface area contributed by atoms with Crippen LogP contribution in [0.4, 0.5) is 0 Å². The molecule has 0 saturated carbocycles. The van der Waals surface area contributed by atoms with E-state index in [4.69, 9.17) is 0 Å². The van der Waals surface area contributed by atoms with Gasteiger partial charge in [0.1, 0.15) is 0 Å². The fourth-order valence-corrected chi connectivity index (χ4v) is 2.80. The van der Waals surface area contributed by atoms with Crippen LogP contribution >= 0.6 is 0 Å². The van der Waals surface area contributed by atoms with Crippen molar-refractivity contribution in [3.05, 3.63) is 24.3 Å². The highest BCUT2D eigenvalue weighted by molar-refractivity contribution is 4.98. The highest BCUT2D eigenvalue weighted by atomic mass is 14.2. The van der Waals surface area contributed by atoms with Crippen molar-refractivity contribution in [2.75, 3.05) is 0 Å². The summed E-state index contributed by atoms with van der Waals surface area (Å²) in [5.41, 5.74) is 0. The van der Waals surface area contributed by atoms with Crippen LogP contribution in [0.3, 0.4) is 0 Å². The highest BCUT2D eigenvalue weighted by Gasteiger charge is 2.19. The molecule has 2 atom stereocenters. The van der Waals surface area contributed by atoms with Crippen molar-refractivity contribution in [1.29, 1.82) is 0 Å². The zero-order chi connectivity index (χ0) is 9.64. The quantitative estimate of drug-likeness (QED) is 0.535. The van der Waals surface area contributed by atoms with Gasteiger partial charge >= 0.3 is 0 Å². The average molecular weight is 190 g/mol. The molecule has 0 spiro atoms. The van der Waals surface area contributed by atoms with E-state index in [1.165, 1.54) is 51.4 Å². The Kier molecular flexibility index (Phi) is 3.85. The lowest BCUT2D eigenvalue weighted by atomic mass is 9.79. The molecule has 2 aliphatic carbocycles. The Balaban J connectivity index is 1.93. The smallest absolute Gasteiger partial charge is 0.0202 e. The Bertz CT molecular complexity index is 212. The Morgan fingerprint density at radius 1 is 0.786 bits per heavy atom. The van der Waals surface area contributed by atoms with Gasteiger partial charge in [-0.25, -0.2) is 0 Å². The second-order valence-corrected chi connectivity index (χ2v) is 4.77. The topological polar surface area (TPSA) is 0 Å². The van der Waals surface area contributed by atoms with Gasteiger partial charge in [-0.2, -0.15) is 0 Å². The van der Waals surface area contributed by atoms with Gasteiger partial charge < -0.3 is 0 Å². The molecule has 0 aromatic heterocycles. The van der Waals surface area contributed by atoms with E-state index >= 15 is 0 Å². The predicted octanol–water partition coefficient (Wildman–Crippen LogP) is 4.48. The summed E-state index contributed by atoms with van der Waals surface area (Å²) < 4.78 is 0. The van der Waals surface area contributed by atoms with Gasteiger partial charge in [-0.1, -0.05) is 30.7 Å². The second-order valence-electron chi connectivity index (χ2n) is 4.77. The molecule has 0 nitrogen and oxygen atoms in total. The molecule has 0 radical (unpaired) electrons. The van der Waals surface area contributed by atoms with Gasteiger partial charge in [0, 0.05) is 0 Å². The first kappa shape index (κ1) is 10.0. The summed E-state index contributed by atoms with van der Waals surface area (Å²) >= 11 is 0. The molecule has 0 amide bonds. The van der Waals surface area contributed by atoms with Crippen LogP contribution in [0.5, 0.6) is 0 Å². The number of hydrogen-bond acceptors (Lipinski definition) is 0.